The van der Waals surface area contributed by atoms with E-state index in [9.17, 15) is 18.0 Å². The second kappa shape index (κ2) is 9.53. The summed E-state index contributed by atoms with van der Waals surface area (Å²) in [5, 5.41) is -0.105. The van der Waals surface area contributed by atoms with Crippen molar-refractivity contribution in [3.05, 3.63) is 21.9 Å². The van der Waals surface area contributed by atoms with E-state index in [1.54, 1.807) is 25.7 Å². The average Bonchev–Trinajstić information content (AvgIpc) is 3.35. The van der Waals surface area contributed by atoms with Crippen LogP contribution in [0.25, 0.3) is 10.9 Å². The van der Waals surface area contributed by atoms with Gasteiger partial charge in [-0.1, -0.05) is 0 Å². The molecule has 4 bridgehead atoms. The summed E-state index contributed by atoms with van der Waals surface area (Å²) >= 11 is 2.79. The van der Waals surface area contributed by atoms with Crippen molar-refractivity contribution >= 4 is 38.7 Å². The largest absolute Gasteiger partial charge is 0.463 e. The third-order valence-corrected chi connectivity index (χ3v) is 8.81. The molecule has 224 valence electrons. The molecule has 5 aliphatic rings. The fourth-order valence-corrected chi connectivity index (χ4v) is 7.07. The van der Waals surface area contributed by atoms with Crippen LogP contribution in [0.1, 0.15) is 46.1 Å². The normalized spacial score (nSPS) is 29.5. The lowest BCUT2D eigenvalue weighted by Crippen LogP contribution is -2.66. The molecule has 1 saturated carbocycles. The molecule has 9 nitrogen and oxygen atoms in total. The van der Waals surface area contributed by atoms with Gasteiger partial charge in [-0.05, 0) is 62.5 Å². The molecule has 1 amide bonds. The molecular formula is C27H31BrF4N4O5. The lowest BCUT2D eigenvalue weighted by atomic mass is 9.64. The number of aromatic nitrogens is 2. The summed E-state index contributed by atoms with van der Waals surface area (Å²) in [7, 11) is 0. The zero-order chi connectivity index (χ0) is 29.5. The van der Waals surface area contributed by atoms with Gasteiger partial charge in [0.25, 0.3) is 0 Å². The number of carbonyl (C=O) groups is 1. The van der Waals surface area contributed by atoms with E-state index in [1.165, 1.54) is 0 Å². The molecule has 2 unspecified atom stereocenters. The lowest BCUT2D eigenvalue weighted by Gasteiger charge is -2.50. The van der Waals surface area contributed by atoms with Crippen molar-refractivity contribution in [1.82, 2.24) is 14.9 Å². The highest BCUT2D eigenvalue weighted by Crippen LogP contribution is 2.57. The highest BCUT2D eigenvalue weighted by atomic mass is 79.9. The predicted octanol–water partition coefficient (Wildman–Crippen LogP) is 5.32. The van der Waals surface area contributed by atoms with Gasteiger partial charge in [0.15, 0.2) is 5.82 Å². The predicted molar refractivity (Wildman–Crippen MR) is 142 cm³/mol. The van der Waals surface area contributed by atoms with E-state index in [-0.39, 0.29) is 66.7 Å². The van der Waals surface area contributed by atoms with Crippen LogP contribution in [0.5, 0.6) is 6.01 Å². The molecule has 5 fully saturated rings. The number of rotatable bonds is 4. The third-order valence-electron chi connectivity index (χ3n) is 8.03. The molecule has 1 aromatic carbocycles. The van der Waals surface area contributed by atoms with E-state index in [4.69, 9.17) is 18.9 Å². The number of piperazine rings is 1. The van der Waals surface area contributed by atoms with E-state index < -0.39 is 45.8 Å². The molecule has 4 aliphatic heterocycles. The van der Waals surface area contributed by atoms with Gasteiger partial charge in [0.1, 0.15) is 16.9 Å². The topological polar surface area (TPSA) is 86.2 Å². The molecule has 0 spiro atoms. The number of nitrogens with zero attached hydrogens (tertiary/aromatic N) is 4. The number of ether oxygens (including phenoxy) is 4. The summed E-state index contributed by atoms with van der Waals surface area (Å²) < 4.78 is 79.7. The van der Waals surface area contributed by atoms with Crippen LogP contribution in [0.3, 0.4) is 0 Å². The molecule has 4 saturated heterocycles. The second-order valence-electron chi connectivity index (χ2n) is 12.8. The minimum Gasteiger partial charge on any atom is -0.463 e. The van der Waals surface area contributed by atoms with E-state index >= 15 is 4.39 Å². The molecule has 5 heterocycles. The summed E-state index contributed by atoms with van der Waals surface area (Å²) in [6.45, 7) is 8.82. The Labute approximate surface area is 242 Å². The molecule has 0 N–H and O–H groups in total. The maximum Gasteiger partial charge on any atom is 0.417 e. The van der Waals surface area contributed by atoms with Crippen molar-refractivity contribution in [2.45, 2.75) is 70.0 Å². The molecule has 2 aromatic rings. The van der Waals surface area contributed by atoms with E-state index in [1.807, 2.05) is 11.8 Å². The molecule has 7 rings (SSSR count). The van der Waals surface area contributed by atoms with Gasteiger partial charge in [0, 0.05) is 23.9 Å². The van der Waals surface area contributed by atoms with Crippen molar-refractivity contribution in [3.8, 4) is 6.01 Å². The number of anilines is 1. The molecule has 14 heteroatoms. The monoisotopic (exact) mass is 646 g/mol. The van der Waals surface area contributed by atoms with Crippen LogP contribution in [-0.2, 0) is 20.4 Å². The smallest absolute Gasteiger partial charge is 0.417 e. The van der Waals surface area contributed by atoms with Gasteiger partial charge < -0.3 is 28.7 Å². The summed E-state index contributed by atoms with van der Waals surface area (Å²) in [6.07, 6.45) is -3.70. The minimum atomic E-state index is -4.83. The third kappa shape index (κ3) is 5.20. The second-order valence-corrected chi connectivity index (χ2v) is 13.6. The van der Waals surface area contributed by atoms with Gasteiger partial charge in [0.05, 0.1) is 54.1 Å². The Balaban J connectivity index is 1.40. The first-order valence-electron chi connectivity index (χ1n) is 13.4. The van der Waals surface area contributed by atoms with Gasteiger partial charge in [-0.2, -0.15) is 23.1 Å². The van der Waals surface area contributed by atoms with Crippen LogP contribution in [0.2, 0.25) is 0 Å². The van der Waals surface area contributed by atoms with E-state index in [0.717, 1.165) is 18.9 Å². The van der Waals surface area contributed by atoms with Gasteiger partial charge in [-0.3, -0.25) is 0 Å². The standard InChI is InChI=1S/C27H31BrF4N4O5/c1-24(2,3)41-23(37)35-6-14-8-38-9-15(7-35)36(14)21-16-5-17(27(30,31)32)18(28)19(29)20(16)33-22(34-21)39-12-26-10-25(4,11-26)40-13-26/h5,14-15H,6-13H2,1-4H3. The number of carbonyl (C=O) groups excluding carboxylic acids is 1. The quantitative estimate of drug-likeness (QED) is 0.413. The number of hydrogen-bond donors (Lipinski definition) is 0. The average molecular weight is 647 g/mol. The Hall–Kier alpha value is -2.45. The number of hydrogen-bond acceptors (Lipinski definition) is 8. The number of morpholine rings is 1. The molecule has 1 aromatic heterocycles. The molecule has 0 radical (unpaired) electrons. The van der Waals surface area contributed by atoms with Crippen LogP contribution in [-0.4, -0.2) is 83.8 Å². The number of benzene rings is 1. The van der Waals surface area contributed by atoms with E-state index in [0.29, 0.717) is 6.61 Å². The van der Waals surface area contributed by atoms with Crippen molar-refractivity contribution < 1.29 is 41.3 Å². The zero-order valence-corrected chi connectivity index (χ0v) is 24.7. The van der Waals surface area contributed by atoms with Gasteiger partial charge >= 0.3 is 18.3 Å². The number of alkyl halides is 3. The maximum atomic E-state index is 15.6. The van der Waals surface area contributed by atoms with Gasteiger partial charge in [0.2, 0.25) is 0 Å². The van der Waals surface area contributed by atoms with Crippen molar-refractivity contribution in [2.75, 3.05) is 44.4 Å². The highest BCUT2D eigenvalue weighted by molar-refractivity contribution is 9.10. The Bertz CT molecular complexity index is 1380. The molecule has 41 heavy (non-hydrogen) atoms. The van der Waals surface area contributed by atoms with Gasteiger partial charge in [-0.15, -0.1) is 0 Å². The summed E-state index contributed by atoms with van der Waals surface area (Å²) in [6, 6.07) is -0.229. The van der Waals surface area contributed by atoms with Crippen LogP contribution < -0.4 is 9.64 Å². The Morgan fingerprint density at radius 2 is 1.83 bits per heavy atom. The van der Waals surface area contributed by atoms with Crippen LogP contribution in [0.4, 0.5) is 28.2 Å². The van der Waals surface area contributed by atoms with Crippen LogP contribution >= 0.6 is 15.9 Å². The molecule has 1 aliphatic carbocycles. The SMILES string of the molecule is CC(C)(C)OC(=O)N1CC2COCC(C1)N2c1nc(OCC23COC(C)(C2)C3)nc2c(F)c(Br)c(C(F)(F)F)cc12. The van der Waals surface area contributed by atoms with Crippen molar-refractivity contribution in [2.24, 2.45) is 5.41 Å². The van der Waals surface area contributed by atoms with Gasteiger partial charge in [-0.25, -0.2) is 9.18 Å². The van der Waals surface area contributed by atoms with E-state index in [2.05, 4.69) is 25.9 Å². The Morgan fingerprint density at radius 3 is 2.39 bits per heavy atom. The maximum absolute atomic E-state index is 15.6. The minimum absolute atomic E-state index is 0.0997. The number of halogens is 5. The Kier molecular flexibility index (Phi) is 6.66. The fourth-order valence-electron chi connectivity index (χ4n) is 6.55. The number of amides is 1. The number of fused-ring (bicyclic) bond motifs is 4. The van der Waals surface area contributed by atoms with Crippen molar-refractivity contribution in [1.29, 1.82) is 0 Å². The first kappa shape index (κ1) is 28.7. The molecular weight excluding hydrogens is 616 g/mol. The first-order chi connectivity index (χ1) is 19.1. The molecule has 2 atom stereocenters. The summed E-state index contributed by atoms with van der Waals surface area (Å²) in [5.74, 6) is -1.06. The van der Waals surface area contributed by atoms with Crippen LogP contribution in [0.15, 0.2) is 10.5 Å². The first-order valence-corrected chi connectivity index (χ1v) is 14.2. The summed E-state index contributed by atoms with van der Waals surface area (Å²) in [5.41, 5.74) is -2.54. The van der Waals surface area contributed by atoms with Crippen LogP contribution in [0, 0.1) is 11.2 Å². The Morgan fingerprint density at radius 1 is 1.17 bits per heavy atom. The summed E-state index contributed by atoms with van der Waals surface area (Å²) in [4.78, 5) is 25.0. The zero-order valence-electron chi connectivity index (χ0n) is 23.1. The van der Waals surface area contributed by atoms with Crippen molar-refractivity contribution in [3.63, 3.8) is 0 Å². The highest BCUT2D eigenvalue weighted by Gasteiger charge is 2.60. The lowest BCUT2D eigenvalue weighted by molar-refractivity contribution is -0.138. The fraction of sp³-hybridized carbons (Fsp3) is 0.667.